The molecule has 7 rings (SSSR count). The first kappa shape index (κ1) is 30.5. The number of carbonyl (C=O) groups excluding carboxylic acids is 2. The van der Waals surface area contributed by atoms with Crippen LogP contribution in [-0.4, -0.2) is 95.0 Å². The van der Waals surface area contributed by atoms with E-state index in [1.165, 1.54) is 23.5 Å². The number of carbonyl (C=O) groups is 2. The molecule has 2 aliphatic heterocycles. The van der Waals surface area contributed by atoms with E-state index in [-0.39, 0.29) is 23.7 Å². The molecular weight excluding hydrogens is 605 g/mol. The third-order valence-electron chi connectivity index (χ3n) is 9.06. The first-order chi connectivity index (χ1) is 22.3. The van der Waals surface area contributed by atoms with E-state index in [2.05, 4.69) is 32.5 Å². The van der Waals surface area contributed by atoms with Crippen molar-refractivity contribution < 1.29 is 18.7 Å². The van der Waals surface area contributed by atoms with Crippen molar-refractivity contribution in [1.82, 2.24) is 30.0 Å². The molecule has 0 bridgehead atoms. The molecular formula is C34H38FN7O3S. The highest BCUT2D eigenvalue weighted by Crippen LogP contribution is 2.40. The lowest BCUT2D eigenvalue weighted by Gasteiger charge is -2.42. The van der Waals surface area contributed by atoms with Crippen LogP contribution in [-0.2, 0) is 0 Å². The Balaban J connectivity index is 1.02. The van der Waals surface area contributed by atoms with Crippen molar-refractivity contribution in [3.63, 3.8) is 0 Å². The van der Waals surface area contributed by atoms with Crippen molar-refractivity contribution in [2.24, 2.45) is 0 Å². The first-order valence-electron chi connectivity index (χ1n) is 15.9. The Morgan fingerprint density at radius 3 is 2.46 bits per heavy atom. The van der Waals surface area contributed by atoms with E-state index in [9.17, 15) is 14.0 Å². The average molecular weight is 644 g/mol. The van der Waals surface area contributed by atoms with Gasteiger partial charge >= 0.3 is 6.03 Å². The highest BCUT2D eigenvalue weighted by molar-refractivity contribution is 7.22. The normalized spacial score (nSPS) is 18.1. The number of nitrogens with one attached hydrogen (secondary N) is 2. The Morgan fingerprint density at radius 1 is 0.957 bits per heavy atom. The van der Waals surface area contributed by atoms with Crippen LogP contribution in [0, 0.1) is 12.7 Å². The fourth-order valence-electron chi connectivity index (χ4n) is 6.23. The number of ether oxygens (including phenoxy) is 1. The summed E-state index contributed by atoms with van der Waals surface area (Å²) in [6.07, 6.45) is 7.23. The van der Waals surface area contributed by atoms with Gasteiger partial charge in [0, 0.05) is 81.6 Å². The molecule has 3 aromatic heterocycles. The second-order valence-corrected chi connectivity index (χ2v) is 13.6. The van der Waals surface area contributed by atoms with Gasteiger partial charge in [-0.2, -0.15) is 0 Å². The van der Waals surface area contributed by atoms with Gasteiger partial charge in [-0.25, -0.2) is 9.18 Å². The number of benzene rings is 1. The number of rotatable bonds is 7. The van der Waals surface area contributed by atoms with E-state index in [1.54, 1.807) is 24.5 Å². The number of aryl methyl sites for hydroxylation is 1. The molecule has 3 amide bonds. The van der Waals surface area contributed by atoms with Crippen LogP contribution in [0.15, 0.2) is 48.8 Å². The number of urea groups is 1. The van der Waals surface area contributed by atoms with E-state index >= 15 is 0 Å². The van der Waals surface area contributed by atoms with Gasteiger partial charge in [-0.15, -0.1) is 11.3 Å². The number of piperidine rings is 1. The van der Waals surface area contributed by atoms with Gasteiger partial charge in [-0.3, -0.25) is 19.7 Å². The maximum atomic E-state index is 15.0. The van der Waals surface area contributed by atoms with Gasteiger partial charge in [0.25, 0.3) is 5.91 Å². The van der Waals surface area contributed by atoms with Crippen molar-refractivity contribution in [3.05, 3.63) is 65.7 Å². The zero-order valence-corrected chi connectivity index (χ0v) is 26.9. The first-order valence-corrected chi connectivity index (χ1v) is 16.7. The van der Waals surface area contributed by atoms with Gasteiger partial charge in [0.2, 0.25) is 0 Å². The molecule has 0 atom stereocenters. The lowest BCUT2D eigenvalue weighted by molar-refractivity contribution is 0.0518. The average Bonchev–Trinajstić information content (AvgIpc) is 3.76. The summed E-state index contributed by atoms with van der Waals surface area (Å²) in [5.74, 6) is -0.0520. The highest BCUT2D eigenvalue weighted by Gasteiger charge is 2.29. The minimum atomic E-state index is -0.590. The number of hydrogen-bond acceptors (Lipinski definition) is 8. The zero-order chi connectivity index (χ0) is 31.8. The minimum absolute atomic E-state index is 0.0273. The van der Waals surface area contributed by atoms with Crippen LogP contribution >= 0.6 is 11.3 Å². The smallest absolute Gasteiger partial charge is 0.319 e. The Labute approximate surface area is 271 Å². The van der Waals surface area contributed by atoms with E-state index in [1.807, 2.05) is 24.0 Å². The van der Waals surface area contributed by atoms with Crippen LogP contribution < -0.4 is 15.4 Å². The zero-order valence-electron chi connectivity index (χ0n) is 26.1. The topological polar surface area (TPSA) is 103 Å². The number of hydrogen-bond donors (Lipinski definition) is 2. The van der Waals surface area contributed by atoms with Crippen LogP contribution in [0.2, 0.25) is 0 Å². The summed E-state index contributed by atoms with van der Waals surface area (Å²) < 4.78 is 21.7. The largest absolute Gasteiger partial charge is 0.453 e. The van der Waals surface area contributed by atoms with E-state index in [0.29, 0.717) is 28.6 Å². The predicted molar refractivity (Wildman–Crippen MR) is 177 cm³/mol. The molecule has 1 saturated carbocycles. The fourth-order valence-corrected chi connectivity index (χ4v) is 7.35. The molecule has 46 heavy (non-hydrogen) atoms. The van der Waals surface area contributed by atoms with Crippen molar-refractivity contribution in [1.29, 1.82) is 0 Å². The lowest BCUT2D eigenvalue weighted by atomic mass is 10.0. The number of aromatic nitrogens is 2. The van der Waals surface area contributed by atoms with E-state index in [4.69, 9.17) is 9.72 Å². The van der Waals surface area contributed by atoms with Gasteiger partial charge in [-0.1, -0.05) is 0 Å². The summed E-state index contributed by atoms with van der Waals surface area (Å²) in [6, 6.07) is 10.3. The molecule has 2 saturated heterocycles. The summed E-state index contributed by atoms with van der Waals surface area (Å²) >= 11 is 1.45. The van der Waals surface area contributed by atoms with Crippen LogP contribution in [0.3, 0.4) is 0 Å². The predicted octanol–water partition coefficient (Wildman–Crippen LogP) is 5.73. The monoisotopic (exact) mass is 643 g/mol. The minimum Gasteiger partial charge on any atom is -0.453 e. The van der Waals surface area contributed by atoms with Gasteiger partial charge in [0.1, 0.15) is 5.75 Å². The van der Waals surface area contributed by atoms with Crippen molar-refractivity contribution in [2.45, 2.75) is 44.7 Å². The van der Waals surface area contributed by atoms with Gasteiger partial charge < -0.3 is 25.2 Å². The number of fused-ring (bicyclic) bond motifs is 1. The number of likely N-dealkylation sites (tertiary alicyclic amines) is 1. The number of anilines is 1. The maximum Gasteiger partial charge on any atom is 0.319 e. The lowest BCUT2D eigenvalue weighted by Crippen LogP contribution is -2.53. The molecule has 0 radical (unpaired) electrons. The molecule has 3 aliphatic rings. The fraction of sp³-hybridized carbons (Fsp3) is 0.412. The van der Waals surface area contributed by atoms with Crippen LogP contribution in [0.1, 0.15) is 41.6 Å². The third kappa shape index (κ3) is 6.69. The summed E-state index contributed by atoms with van der Waals surface area (Å²) in [7, 11) is 2.17. The molecule has 10 nitrogen and oxygen atoms in total. The van der Waals surface area contributed by atoms with Crippen molar-refractivity contribution in [2.75, 3.05) is 51.6 Å². The highest BCUT2D eigenvalue weighted by atomic mass is 32.1. The number of likely N-dealkylation sites (N-methyl/N-ethyl adjacent to an activating group) is 1. The van der Waals surface area contributed by atoms with Crippen molar-refractivity contribution in [3.8, 4) is 22.1 Å². The standard InChI is InChI=1S/C34H38FN7O3S/c1-21-17-22(33(43)42-11-8-25(9-12-42)41-15-13-40(2)14-16-41)20-37-31(21)30-19-27-32(46-30)29(7-10-36-27)45-28-6-5-24(18-26(28)35)39-34(44)38-23-3-4-23/h5-7,10,17-20,23,25H,3-4,8-9,11-16H2,1-2H3,(H2,38,39,44). The Kier molecular flexibility index (Phi) is 8.58. The maximum absolute atomic E-state index is 15.0. The Hall–Kier alpha value is -4.13. The Morgan fingerprint density at radius 2 is 1.74 bits per heavy atom. The molecule has 5 heterocycles. The number of thiophene rings is 1. The molecule has 12 heteroatoms. The summed E-state index contributed by atoms with van der Waals surface area (Å²) in [5.41, 5.74) is 3.32. The number of halogens is 1. The summed E-state index contributed by atoms with van der Waals surface area (Å²) in [5, 5.41) is 5.48. The molecule has 240 valence electrons. The van der Waals surface area contributed by atoms with Crippen LogP contribution in [0.4, 0.5) is 14.9 Å². The van der Waals surface area contributed by atoms with E-state index < -0.39 is 5.82 Å². The second kappa shape index (κ2) is 12.9. The summed E-state index contributed by atoms with van der Waals surface area (Å²) in [4.78, 5) is 42.5. The summed E-state index contributed by atoms with van der Waals surface area (Å²) in [6.45, 7) is 7.90. The van der Waals surface area contributed by atoms with Crippen LogP contribution in [0.5, 0.6) is 11.5 Å². The molecule has 1 aliphatic carbocycles. The molecule has 2 N–H and O–H groups in total. The molecule has 0 spiro atoms. The Bertz CT molecular complexity index is 1760. The molecule has 0 unspecified atom stereocenters. The molecule has 1 aromatic carbocycles. The van der Waals surface area contributed by atoms with Gasteiger partial charge in [0.05, 0.1) is 26.4 Å². The van der Waals surface area contributed by atoms with Gasteiger partial charge in [-0.05, 0) is 69.5 Å². The van der Waals surface area contributed by atoms with Gasteiger partial charge in [0.15, 0.2) is 11.6 Å². The van der Waals surface area contributed by atoms with Crippen molar-refractivity contribution >= 4 is 39.2 Å². The number of amides is 3. The quantitative estimate of drug-likeness (QED) is 0.265. The number of nitrogens with zero attached hydrogens (tertiary/aromatic N) is 5. The van der Waals surface area contributed by atoms with Crippen LogP contribution in [0.25, 0.3) is 20.8 Å². The molecule has 3 fully saturated rings. The third-order valence-corrected chi connectivity index (χ3v) is 10.2. The second-order valence-electron chi connectivity index (χ2n) is 12.5. The SMILES string of the molecule is Cc1cc(C(=O)N2CCC(N3CCN(C)CC3)CC2)cnc1-c1cc2nccc(Oc3ccc(NC(=O)NC4CC4)cc3F)c2s1. The molecule has 4 aromatic rings. The number of pyridine rings is 2. The van der Waals surface area contributed by atoms with E-state index in [0.717, 1.165) is 85.8 Å². The number of piperazine rings is 1.